The zero-order valence-corrected chi connectivity index (χ0v) is 12.4. The zero-order chi connectivity index (χ0) is 15.3. The topological polar surface area (TPSA) is 21.3 Å². The molecular formula is C15H16F3NOS. The molecule has 1 N–H and O–H groups in total. The Labute approximate surface area is 125 Å². The summed E-state index contributed by atoms with van der Waals surface area (Å²) >= 11 is 1.69. The Morgan fingerprint density at radius 2 is 1.81 bits per heavy atom. The monoisotopic (exact) mass is 315 g/mol. The molecule has 0 radical (unpaired) electrons. The molecule has 1 aromatic carbocycles. The van der Waals surface area contributed by atoms with Gasteiger partial charge in [-0.05, 0) is 30.7 Å². The maximum absolute atomic E-state index is 12.2. The number of nitrogens with one attached hydrogen (secondary N) is 1. The van der Waals surface area contributed by atoms with Crippen LogP contribution in [0.1, 0.15) is 16.7 Å². The SMILES string of the molecule is CCc1ccc(CNc2ccccc2OCC(F)(F)F)s1. The normalized spacial score (nSPS) is 11.4. The van der Waals surface area contributed by atoms with Crippen molar-refractivity contribution in [2.24, 2.45) is 0 Å². The molecule has 0 amide bonds. The fourth-order valence-electron chi connectivity index (χ4n) is 1.79. The van der Waals surface area contributed by atoms with Crippen LogP contribution in [-0.4, -0.2) is 12.8 Å². The molecule has 0 aliphatic carbocycles. The Kier molecular flexibility index (Phi) is 5.12. The van der Waals surface area contributed by atoms with E-state index in [1.54, 1.807) is 29.5 Å². The lowest BCUT2D eigenvalue weighted by Crippen LogP contribution is -2.19. The van der Waals surface area contributed by atoms with Gasteiger partial charge in [-0.15, -0.1) is 11.3 Å². The number of halogens is 3. The van der Waals surface area contributed by atoms with Gasteiger partial charge in [0.2, 0.25) is 0 Å². The summed E-state index contributed by atoms with van der Waals surface area (Å²) in [6, 6.07) is 10.7. The van der Waals surface area contributed by atoms with Crippen molar-refractivity contribution in [2.75, 3.05) is 11.9 Å². The molecule has 0 bridgehead atoms. The van der Waals surface area contributed by atoms with Gasteiger partial charge >= 0.3 is 6.18 Å². The third-order valence-electron chi connectivity index (χ3n) is 2.80. The molecule has 0 saturated heterocycles. The molecule has 2 aromatic rings. The lowest BCUT2D eigenvalue weighted by atomic mass is 10.3. The molecular weight excluding hydrogens is 299 g/mol. The van der Waals surface area contributed by atoms with E-state index in [-0.39, 0.29) is 5.75 Å². The average molecular weight is 315 g/mol. The lowest BCUT2D eigenvalue weighted by molar-refractivity contribution is -0.153. The molecule has 114 valence electrons. The van der Waals surface area contributed by atoms with E-state index in [0.29, 0.717) is 12.2 Å². The van der Waals surface area contributed by atoms with Crippen LogP contribution >= 0.6 is 11.3 Å². The zero-order valence-electron chi connectivity index (χ0n) is 11.5. The summed E-state index contributed by atoms with van der Waals surface area (Å²) in [6.07, 6.45) is -3.35. The van der Waals surface area contributed by atoms with Crippen LogP contribution in [-0.2, 0) is 13.0 Å². The molecule has 0 unspecified atom stereocenters. The maximum Gasteiger partial charge on any atom is 0.422 e. The molecule has 0 saturated carbocycles. The maximum atomic E-state index is 12.2. The van der Waals surface area contributed by atoms with Gasteiger partial charge in [-0.2, -0.15) is 13.2 Å². The van der Waals surface area contributed by atoms with Gasteiger partial charge in [0, 0.05) is 16.3 Å². The first-order chi connectivity index (χ1) is 9.98. The highest BCUT2D eigenvalue weighted by molar-refractivity contribution is 7.12. The van der Waals surface area contributed by atoms with Crippen molar-refractivity contribution in [3.8, 4) is 5.75 Å². The minimum Gasteiger partial charge on any atom is -0.482 e. The van der Waals surface area contributed by atoms with Gasteiger partial charge in [0.25, 0.3) is 0 Å². The molecule has 6 heteroatoms. The minimum absolute atomic E-state index is 0.210. The second kappa shape index (κ2) is 6.85. The molecule has 0 aliphatic rings. The van der Waals surface area contributed by atoms with Crippen molar-refractivity contribution in [1.82, 2.24) is 0 Å². The van der Waals surface area contributed by atoms with Crippen molar-refractivity contribution < 1.29 is 17.9 Å². The smallest absolute Gasteiger partial charge is 0.422 e. The highest BCUT2D eigenvalue weighted by Crippen LogP contribution is 2.27. The Hall–Kier alpha value is -1.69. The van der Waals surface area contributed by atoms with E-state index in [9.17, 15) is 13.2 Å². The number of ether oxygens (including phenoxy) is 1. The summed E-state index contributed by atoms with van der Waals surface area (Å²) in [7, 11) is 0. The van der Waals surface area contributed by atoms with Crippen molar-refractivity contribution in [1.29, 1.82) is 0 Å². The molecule has 0 atom stereocenters. The van der Waals surface area contributed by atoms with Crippen molar-refractivity contribution in [2.45, 2.75) is 26.1 Å². The van der Waals surface area contributed by atoms with Gasteiger partial charge in [0.05, 0.1) is 5.69 Å². The van der Waals surface area contributed by atoms with E-state index < -0.39 is 12.8 Å². The molecule has 1 heterocycles. The second-order valence-corrected chi connectivity index (χ2v) is 5.73. The first-order valence-corrected chi connectivity index (χ1v) is 7.39. The molecule has 0 aliphatic heterocycles. The van der Waals surface area contributed by atoms with Crippen molar-refractivity contribution >= 4 is 17.0 Å². The molecule has 0 fully saturated rings. The molecule has 0 spiro atoms. The highest BCUT2D eigenvalue weighted by Gasteiger charge is 2.28. The number of thiophene rings is 1. The molecule has 21 heavy (non-hydrogen) atoms. The highest BCUT2D eigenvalue weighted by atomic mass is 32.1. The van der Waals surface area contributed by atoms with Crippen LogP contribution < -0.4 is 10.1 Å². The first-order valence-electron chi connectivity index (χ1n) is 6.58. The summed E-state index contributed by atoms with van der Waals surface area (Å²) in [6.45, 7) is 1.37. The molecule has 1 aromatic heterocycles. The number of alkyl halides is 3. The fraction of sp³-hybridized carbons (Fsp3) is 0.333. The van der Waals surface area contributed by atoms with E-state index in [1.165, 1.54) is 10.9 Å². The van der Waals surface area contributed by atoms with Crippen LogP contribution in [0.4, 0.5) is 18.9 Å². The summed E-state index contributed by atoms with van der Waals surface area (Å²) < 4.78 is 41.5. The summed E-state index contributed by atoms with van der Waals surface area (Å²) in [5.41, 5.74) is 0.563. The van der Waals surface area contributed by atoms with Crippen LogP contribution in [0.2, 0.25) is 0 Å². The summed E-state index contributed by atoms with van der Waals surface area (Å²) in [4.78, 5) is 2.42. The van der Waals surface area contributed by atoms with Crippen molar-refractivity contribution in [3.63, 3.8) is 0 Å². The minimum atomic E-state index is -4.34. The van der Waals surface area contributed by atoms with Gasteiger partial charge in [-0.3, -0.25) is 0 Å². The number of benzene rings is 1. The van der Waals surface area contributed by atoms with Gasteiger partial charge in [0.1, 0.15) is 5.75 Å². The van der Waals surface area contributed by atoms with E-state index >= 15 is 0 Å². The quantitative estimate of drug-likeness (QED) is 0.821. The summed E-state index contributed by atoms with van der Waals surface area (Å²) in [5.74, 6) is 0.210. The van der Waals surface area contributed by atoms with E-state index in [2.05, 4.69) is 18.3 Å². The van der Waals surface area contributed by atoms with Gasteiger partial charge in [0.15, 0.2) is 6.61 Å². The Balaban J connectivity index is 1.99. The Morgan fingerprint density at radius 3 is 2.48 bits per heavy atom. The first kappa shape index (κ1) is 15.7. The average Bonchev–Trinajstić information content (AvgIpc) is 2.91. The third kappa shape index (κ3) is 4.97. The van der Waals surface area contributed by atoms with E-state index in [1.807, 2.05) is 6.07 Å². The standard InChI is InChI=1S/C15H16F3NOS/c1-2-11-7-8-12(21-11)9-19-13-5-3-4-6-14(13)20-10-15(16,17)18/h3-8,19H,2,9-10H2,1H3. The number of rotatable bonds is 6. The fourth-order valence-corrected chi connectivity index (χ4v) is 2.69. The number of para-hydroxylation sites is 2. The Morgan fingerprint density at radius 1 is 1.10 bits per heavy atom. The molecule has 2 nitrogen and oxygen atoms in total. The van der Waals surface area contributed by atoms with Crippen LogP contribution in [0.15, 0.2) is 36.4 Å². The van der Waals surface area contributed by atoms with Gasteiger partial charge in [-0.25, -0.2) is 0 Å². The van der Waals surface area contributed by atoms with Gasteiger partial charge < -0.3 is 10.1 Å². The number of aryl methyl sites for hydroxylation is 1. The van der Waals surface area contributed by atoms with E-state index in [0.717, 1.165) is 11.3 Å². The van der Waals surface area contributed by atoms with Crippen LogP contribution in [0.3, 0.4) is 0 Å². The van der Waals surface area contributed by atoms with Crippen LogP contribution in [0.5, 0.6) is 5.75 Å². The molecule has 2 rings (SSSR count). The predicted molar refractivity (Wildman–Crippen MR) is 79.0 cm³/mol. The number of hydrogen-bond donors (Lipinski definition) is 1. The Bertz CT molecular complexity index is 580. The lowest BCUT2D eigenvalue weighted by Gasteiger charge is -2.14. The predicted octanol–water partition coefficient (Wildman–Crippen LogP) is 4.86. The second-order valence-electron chi connectivity index (χ2n) is 4.48. The van der Waals surface area contributed by atoms with Crippen LogP contribution in [0, 0.1) is 0 Å². The summed E-state index contributed by atoms with van der Waals surface area (Å²) in [5, 5.41) is 3.12. The van der Waals surface area contributed by atoms with Crippen LogP contribution in [0.25, 0.3) is 0 Å². The third-order valence-corrected chi connectivity index (χ3v) is 4.03. The number of anilines is 1. The largest absolute Gasteiger partial charge is 0.482 e. The number of hydrogen-bond acceptors (Lipinski definition) is 3. The van der Waals surface area contributed by atoms with E-state index in [4.69, 9.17) is 4.74 Å². The van der Waals surface area contributed by atoms with Gasteiger partial charge in [-0.1, -0.05) is 19.1 Å². The van der Waals surface area contributed by atoms with Crippen molar-refractivity contribution in [3.05, 3.63) is 46.2 Å².